The van der Waals surface area contributed by atoms with Gasteiger partial charge in [-0.05, 0) is 97.5 Å². The number of fused-ring (bicyclic) bond motifs is 1. The molecule has 2 aliphatic rings. The van der Waals surface area contributed by atoms with Crippen molar-refractivity contribution in [2.24, 2.45) is 0 Å². The minimum absolute atomic E-state index is 0.143. The molecule has 41 heavy (non-hydrogen) atoms. The summed E-state index contributed by atoms with van der Waals surface area (Å²) in [5, 5.41) is 3.05. The lowest BCUT2D eigenvalue weighted by Gasteiger charge is -2.34. The first-order chi connectivity index (χ1) is 19.7. The number of amides is 1. The second-order valence-corrected chi connectivity index (χ2v) is 11.1. The van der Waals surface area contributed by atoms with Crippen molar-refractivity contribution in [2.45, 2.75) is 63.8 Å². The smallest absolute Gasteiger partial charge is 0.406 e. The molecule has 1 aliphatic carbocycles. The van der Waals surface area contributed by atoms with Gasteiger partial charge in [-0.25, -0.2) is 4.98 Å². The molecular weight excluding hydrogens is 529 g/mol. The van der Waals surface area contributed by atoms with Crippen LogP contribution in [-0.4, -0.2) is 34.7 Å². The summed E-state index contributed by atoms with van der Waals surface area (Å²) in [6.07, 6.45) is 2.84. The van der Waals surface area contributed by atoms with Crippen LogP contribution in [0.4, 0.5) is 18.9 Å². The maximum absolute atomic E-state index is 13.1. The van der Waals surface area contributed by atoms with Gasteiger partial charge >= 0.3 is 6.36 Å². The predicted molar refractivity (Wildman–Crippen MR) is 151 cm³/mol. The molecule has 214 valence electrons. The van der Waals surface area contributed by atoms with Gasteiger partial charge in [0, 0.05) is 31.5 Å². The number of halogens is 3. The van der Waals surface area contributed by atoms with Crippen molar-refractivity contribution in [3.63, 3.8) is 0 Å². The third-order valence-electron chi connectivity index (χ3n) is 8.45. The average Bonchev–Trinajstić information content (AvgIpc) is 3.26. The van der Waals surface area contributed by atoms with Crippen molar-refractivity contribution < 1.29 is 22.7 Å². The van der Waals surface area contributed by atoms with Gasteiger partial charge in [-0.15, -0.1) is 13.2 Å². The summed E-state index contributed by atoms with van der Waals surface area (Å²) in [5.74, 6) is 0.580. The van der Waals surface area contributed by atoms with Crippen molar-refractivity contribution in [2.75, 3.05) is 18.0 Å². The number of pyridine rings is 1. The number of alkyl halides is 3. The maximum atomic E-state index is 13.1. The van der Waals surface area contributed by atoms with Crippen LogP contribution in [0, 0.1) is 6.92 Å². The van der Waals surface area contributed by atoms with Crippen LogP contribution in [0.25, 0.3) is 5.65 Å². The molecule has 1 aliphatic heterocycles. The van der Waals surface area contributed by atoms with Gasteiger partial charge < -0.3 is 15.0 Å². The zero-order chi connectivity index (χ0) is 28.6. The van der Waals surface area contributed by atoms with Crippen LogP contribution in [0.3, 0.4) is 0 Å². The Morgan fingerprint density at radius 1 is 0.951 bits per heavy atom. The second kappa shape index (κ2) is 11.1. The number of carbonyl (C=O) groups is 1. The number of aryl methyl sites for hydroxylation is 1. The largest absolute Gasteiger partial charge is 0.573 e. The lowest BCUT2D eigenvalue weighted by molar-refractivity contribution is -0.274. The normalized spacial score (nSPS) is 16.5. The number of anilines is 1. The number of carbonyl (C=O) groups excluding carboxylic acids is 1. The maximum Gasteiger partial charge on any atom is 0.573 e. The predicted octanol–water partition coefficient (Wildman–Crippen LogP) is 7.12. The van der Waals surface area contributed by atoms with E-state index in [2.05, 4.69) is 44.2 Å². The summed E-state index contributed by atoms with van der Waals surface area (Å²) < 4.78 is 43.1. The topological polar surface area (TPSA) is 58.9 Å². The summed E-state index contributed by atoms with van der Waals surface area (Å²) in [6.45, 7) is 4.01. The van der Waals surface area contributed by atoms with Crippen LogP contribution < -0.4 is 15.0 Å². The molecule has 1 saturated carbocycles. The van der Waals surface area contributed by atoms with Crippen molar-refractivity contribution in [1.82, 2.24) is 14.7 Å². The molecule has 2 aromatic carbocycles. The number of imidazole rings is 1. The molecule has 0 spiro atoms. The van der Waals surface area contributed by atoms with Crippen LogP contribution in [0.1, 0.15) is 76.8 Å². The number of nitrogens with one attached hydrogen (secondary N) is 1. The van der Waals surface area contributed by atoms with Gasteiger partial charge in [0.1, 0.15) is 17.1 Å². The monoisotopic (exact) mass is 562 g/mol. The zero-order valence-corrected chi connectivity index (χ0v) is 23.0. The molecule has 0 unspecified atom stereocenters. The molecule has 0 radical (unpaired) electrons. The molecule has 1 saturated heterocycles. The molecule has 4 aromatic rings. The highest BCUT2D eigenvalue weighted by atomic mass is 19.4. The quantitative estimate of drug-likeness (QED) is 0.261. The van der Waals surface area contributed by atoms with Gasteiger partial charge in [0.15, 0.2) is 0 Å². The van der Waals surface area contributed by atoms with Gasteiger partial charge in [-0.2, -0.15) is 0 Å². The fourth-order valence-corrected chi connectivity index (χ4v) is 5.95. The molecule has 2 aromatic heterocycles. The molecule has 1 N–H and O–H groups in total. The van der Waals surface area contributed by atoms with E-state index in [4.69, 9.17) is 0 Å². The molecule has 9 heteroatoms. The van der Waals surface area contributed by atoms with E-state index in [0.717, 1.165) is 54.1 Å². The van der Waals surface area contributed by atoms with Crippen molar-refractivity contribution in [3.05, 3.63) is 94.9 Å². The molecule has 1 amide bonds. The fourth-order valence-electron chi connectivity index (χ4n) is 5.95. The Labute approximate surface area is 237 Å². The van der Waals surface area contributed by atoms with Crippen molar-refractivity contribution in [3.8, 4) is 5.75 Å². The molecular formula is C32H33F3N4O2. The van der Waals surface area contributed by atoms with E-state index in [1.165, 1.54) is 37.0 Å². The van der Waals surface area contributed by atoms with E-state index in [0.29, 0.717) is 24.1 Å². The first-order valence-corrected chi connectivity index (χ1v) is 14.2. The zero-order valence-electron chi connectivity index (χ0n) is 23.0. The van der Waals surface area contributed by atoms with E-state index in [9.17, 15) is 18.0 Å². The summed E-state index contributed by atoms with van der Waals surface area (Å²) in [5.41, 5.74) is 6.57. The molecule has 6 rings (SSSR count). The first-order valence-electron chi connectivity index (χ1n) is 14.2. The number of ether oxygens (including phenoxy) is 1. The third-order valence-corrected chi connectivity index (χ3v) is 8.45. The standard InChI is InChI=1S/C32H33F3N4O2/c1-21-30(39-18-15-26(19-29(39)37-21)23-3-2-4-23)31(40)36-20-22-5-9-27(10-6-22)38-16-13-25(14-17-38)24-7-11-28(12-8-24)41-32(33,34)35/h5-12,15,18-19,23,25H,2-4,13-14,16-17,20H2,1H3,(H,36,40). The lowest BCUT2D eigenvalue weighted by Crippen LogP contribution is -2.32. The molecule has 6 nitrogen and oxygen atoms in total. The number of hydrogen-bond donors (Lipinski definition) is 1. The van der Waals surface area contributed by atoms with Gasteiger partial charge in [0.05, 0.1) is 5.69 Å². The Bertz CT molecular complexity index is 1520. The number of nitrogens with zero attached hydrogens (tertiary/aromatic N) is 3. The van der Waals surface area contributed by atoms with Gasteiger partial charge in [0.25, 0.3) is 5.91 Å². The average molecular weight is 563 g/mol. The number of aromatic nitrogens is 2. The molecule has 2 fully saturated rings. The minimum atomic E-state index is -4.68. The summed E-state index contributed by atoms with van der Waals surface area (Å²) in [6, 6.07) is 18.7. The highest BCUT2D eigenvalue weighted by Gasteiger charge is 2.31. The minimum Gasteiger partial charge on any atom is -0.406 e. The number of rotatable bonds is 7. The first kappa shape index (κ1) is 27.2. The van der Waals surface area contributed by atoms with Crippen LogP contribution in [-0.2, 0) is 6.54 Å². The molecule has 3 heterocycles. The number of benzene rings is 2. The van der Waals surface area contributed by atoms with Gasteiger partial charge in [-0.3, -0.25) is 9.20 Å². The van der Waals surface area contributed by atoms with E-state index in [1.54, 1.807) is 12.1 Å². The third kappa shape index (κ3) is 6.04. The van der Waals surface area contributed by atoms with Crippen LogP contribution in [0.2, 0.25) is 0 Å². The SMILES string of the molecule is Cc1nc2cc(C3CCC3)ccn2c1C(=O)NCc1ccc(N2CCC(c3ccc(OC(F)(F)F)cc3)CC2)cc1. The summed E-state index contributed by atoms with van der Waals surface area (Å²) in [7, 11) is 0. The summed E-state index contributed by atoms with van der Waals surface area (Å²) in [4.78, 5) is 20.1. The Hall–Kier alpha value is -4.01. The van der Waals surface area contributed by atoms with Crippen LogP contribution in [0.5, 0.6) is 5.75 Å². The Morgan fingerprint density at radius 3 is 2.27 bits per heavy atom. The highest BCUT2D eigenvalue weighted by molar-refractivity contribution is 5.94. The van der Waals surface area contributed by atoms with E-state index >= 15 is 0 Å². The second-order valence-electron chi connectivity index (χ2n) is 11.1. The van der Waals surface area contributed by atoms with E-state index in [1.807, 2.05) is 29.7 Å². The number of piperidine rings is 1. The fraction of sp³-hybridized carbons (Fsp3) is 0.375. The van der Waals surface area contributed by atoms with E-state index < -0.39 is 6.36 Å². The Morgan fingerprint density at radius 2 is 1.63 bits per heavy atom. The van der Waals surface area contributed by atoms with Gasteiger partial charge in [0.2, 0.25) is 0 Å². The summed E-state index contributed by atoms with van der Waals surface area (Å²) >= 11 is 0. The van der Waals surface area contributed by atoms with Crippen molar-refractivity contribution in [1.29, 1.82) is 0 Å². The van der Waals surface area contributed by atoms with Crippen LogP contribution in [0.15, 0.2) is 66.9 Å². The Kier molecular flexibility index (Phi) is 7.36. The van der Waals surface area contributed by atoms with Crippen molar-refractivity contribution >= 4 is 17.2 Å². The van der Waals surface area contributed by atoms with E-state index in [-0.39, 0.29) is 11.7 Å². The van der Waals surface area contributed by atoms with Crippen LogP contribution >= 0.6 is 0 Å². The highest BCUT2D eigenvalue weighted by Crippen LogP contribution is 2.37. The molecule has 0 bridgehead atoms. The number of hydrogen-bond acceptors (Lipinski definition) is 4. The lowest BCUT2D eigenvalue weighted by atomic mass is 9.80. The van der Waals surface area contributed by atoms with Gasteiger partial charge in [-0.1, -0.05) is 30.7 Å². The molecule has 0 atom stereocenters. The Balaban J connectivity index is 1.02.